The normalized spacial score (nSPS) is 13.0. The molecule has 2 aromatic carbocycles. The van der Waals surface area contributed by atoms with E-state index in [0.717, 1.165) is 16.4 Å². The lowest BCUT2D eigenvalue weighted by molar-refractivity contribution is 0.0936. The number of rotatable bonds is 7. The highest BCUT2D eigenvalue weighted by Gasteiger charge is 2.23. The summed E-state index contributed by atoms with van der Waals surface area (Å²) in [6.45, 7) is -0.167. The molecule has 0 heterocycles. The molecule has 0 bridgehead atoms. The van der Waals surface area contributed by atoms with E-state index in [9.17, 15) is 17.9 Å². The summed E-state index contributed by atoms with van der Waals surface area (Å²) in [6.07, 6.45) is -0.990. The van der Waals surface area contributed by atoms with Gasteiger partial charge in [0.05, 0.1) is 4.90 Å². The van der Waals surface area contributed by atoms with Gasteiger partial charge in [-0.15, -0.1) is 0 Å². The van der Waals surface area contributed by atoms with E-state index in [4.69, 9.17) is 4.74 Å². The van der Waals surface area contributed by atoms with Crippen molar-refractivity contribution in [2.45, 2.75) is 11.0 Å². The smallest absolute Gasteiger partial charge is 0.242 e. The standard InChI is InChI=1S/C16H18FNO4S/c1-18(23(20,21)16-9-7-13(17)8-10-16)11-14(19)12-22-15-5-3-2-4-6-15/h2-10,14,19H,11-12H2,1H3/t14-/m1/s1. The summed E-state index contributed by atoms with van der Waals surface area (Å²) >= 11 is 0. The van der Waals surface area contributed by atoms with E-state index >= 15 is 0 Å². The molecule has 1 atom stereocenters. The average molecular weight is 339 g/mol. The number of hydrogen-bond donors (Lipinski definition) is 1. The quantitative estimate of drug-likeness (QED) is 0.836. The predicted octanol–water partition coefficient (Wildman–Crippen LogP) is 1.89. The molecule has 0 radical (unpaired) electrons. The van der Waals surface area contributed by atoms with Crippen LogP contribution >= 0.6 is 0 Å². The van der Waals surface area contributed by atoms with Crippen LogP contribution in [0.3, 0.4) is 0 Å². The Morgan fingerprint density at radius 2 is 1.74 bits per heavy atom. The molecular formula is C16H18FNO4S. The highest BCUT2D eigenvalue weighted by atomic mass is 32.2. The maximum Gasteiger partial charge on any atom is 0.242 e. The van der Waals surface area contributed by atoms with Crippen molar-refractivity contribution >= 4 is 10.0 Å². The largest absolute Gasteiger partial charge is 0.491 e. The monoisotopic (exact) mass is 339 g/mol. The number of nitrogens with zero attached hydrogens (tertiary/aromatic N) is 1. The average Bonchev–Trinajstić information content (AvgIpc) is 2.54. The van der Waals surface area contributed by atoms with Crippen molar-refractivity contribution in [2.75, 3.05) is 20.2 Å². The van der Waals surface area contributed by atoms with E-state index in [1.807, 2.05) is 6.07 Å². The van der Waals surface area contributed by atoms with Crippen LogP contribution in [0.5, 0.6) is 5.75 Å². The molecule has 0 aliphatic heterocycles. The van der Waals surface area contributed by atoms with Crippen LogP contribution in [0.25, 0.3) is 0 Å². The van der Waals surface area contributed by atoms with Crippen LogP contribution in [-0.2, 0) is 10.0 Å². The zero-order chi connectivity index (χ0) is 16.9. The summed E-state index contributed by atoms with van der Waals surface area (Å²) in [5.74, 6) is 0.0819. The molecule has 0 spiro atoms. The third-order valence-corrected chi connectivity index (χ3v) is 5.01. The molecule has 0 aliphatic carbocycles. The van der Waals surface area contributed by atoms with Gasteiger partial charge in [0.15, 0.2) is 0 Å². The summed E-state index contributed by atoms with van der Waals surface area (Å²) in [5.41, 5.74) is 0. The van der Waals surface area contributed by atoms with Crippen molar-refractivity contribution in [1.82, 2.24) is 4.31 Å². The highest BCUT2D eigenvalue weighted by molar-refractivity contribution is 7.89. The molecule has 5 nitrogen and oxygen atoms in total. The number of ether oxygens (including phenoxy) is 1. The Bertz CT molecular complexity index is 720. The zero-order valence-corrected chi connectivity index (χ0v) is 13.4. The number of halogens is 1. The van der Waals surface area contributed by atoms with Gasteiger partial charge >= 0.3 is 0 Å². The molecule has 7 heteroatoms. The van der Waals surface area contributed by atoms with Crippen LogP contribution in [-0.4, -0.2) is 44.1 Å². The first-order valence-corrected chi connectivity index (χ1v) is 8.41. The van der Waals surface area contributed by atoms with E-state index in [2.05, 4.69) is 0 Å². The fourth-order valence-corrected chi connectivity index (χ4v) is 3.15. The van der Waals surface area contributed by atoms with Gasteiger partial charge in [0, 0.05) is 13.6 Å². The predicted molar refractivity (Wildman–Crippen MR) is 84.2 cm³/mol. The number of aliphatic hydroxyl groups excluding tert-OH is 1. The van der Waals surface area contributed by atoms with Crippen molar-refractivity contribution in [3.63, 3.8) is 0 Å². The van der Waals surface area contributed by atoms with Gasteiger partial charge in [-0.05, 0) is 36.4 Å². The Morgan fingerprint density at radius 1 is 1.13 bits per heavy atom. The van der Waals surface area contributed by atoms with Crippen LogP contribution in [0.2, 0.25) is 0 Å². The number of aliphatic hydroxyl groups is 1. The molecule has 0 amide bonds. The number of sulfonamides is 1. The van der Waals surface area contributed by atoms with Crippen molar-refractivity contribution in [2.24, 2.45) is 0 Å². The minimum absolute atomic E-state index is 0.0300. The maximum absolute atomic E-state index is 12.9. The van der Waals surface area contributed by atoms with Crippen molar-refractivity contribution in [3.8, 4) is 5.75 Å². The molecule has 0 saturated carbocycles. The van der Waals surface area contributed by atoms with Gasteiger partial charge in [-0.3, -0.25) is 0 Å². The number of para-hydroxylation sites is 1. The fraction of sp³-hybridized carbons (Fsp3) is 0.250. The molecule has 124 valence electrons. The molecule has 0 unspecified atom stereocenters. The minimum atomic E-state index is -3.78. The molecule has 2 aromatic rings. The van der Waals surface area contributed by atoms with E-state index in [-0.39, 0.29) is 18.0 Å². The fourth-order valence-electron chi connectivity index (χ4n) is 1.94. The van der Waals surface area contributed by atoms with Gasteiger partial charge in [0.25, 0.3) is 0 Å². The second-order valence-electron chi connectivity index (χ2n) is 5.02. The first-order chi connectivity index (χ1) is 10.9. The van der Waals surface area contributed by atoms with E-state index < -0.39 is 21.9 Å². The molecule has 1 N–H and O–H groups in total. The van der Waals surface area contributed by atoms with Gasteiger partial charge < -0.3 is 9.84 Å². The molecule has 23 heavy (non-hydrogen) atoms. The topological polar surface area (TPSA) is 66.8 Å². The number of benzene rings is 2. The lowest BCUT2D eigenvalue weighted by Gasteiger charge is -2.20. The van der Waals surface area contributed by atoms with Gasteiger partial charge in [-0.25, -0.2) is 12.8 Å². The molecule has 0 fully saturated rings. The molecule has 0 aromatic heterocycles. The van der Waals surface area contributed by atoms with E-state index in [1.165, 1.54) is 19.2 Å². The van der Waals surface area contributed by atoms with Crippen LogP contribution in [0, 0.1) is 5.82 Å². The molecule has 0 aliphatic rings. The Morgan fingerprint density at radius 3 is 2.35 bits per heavy atom. The number of likely N-dealkylation sites (N-methyl/N-ethyl adjacent to an activating group) is 1. The van der Waals surface area contributed by atoms with Crippen LogP contribution in [0.4, 0.5) is 4.39 Å². The Balaban J connectivity index is 1.94. The first-order valence-electron chi connectivity index (χ1n) is 6.97. The SMILES string of the molecule is CN(C[C@@H](O)COc1ccccc1)S(=O)(=O)c1ccc(F)cc1. The van der Waals surface area contributed by atoms with Gasteiger partial charge in [0.2, 0.25) is 10.0 Å². The maximum atomic E-state index is 12.9. The first kappa shape index (κ1) is 17.4. The molecule has 2 rings (SSSR count). The van der Waals surface area contributed by atoms with Crippen LogP contribution < -0.4 is 4.74 Å². The molecular weight excluding hydrogens is 321 g/mol. The lowest BCUT2D eigenvalue weighted by Crippen LogP contribution is -2.37. The second kappa shape index (κ2) is 7.54. The van der Waals surface area contributed by atoms with Crippen LogP contribution in [0.1, 0.15) is 0 Å². The Labute approximate surface area is 135 Å². The molecule has 0 saturated heterocycles. The second-order valence-corrected chi connectivity index (χ2v) is 7.06. The van der Waals surface area contributed by atoms with E-state index in [0.29, 0.717) is 5.75 Å². The highest BCUT2D eigenvalue weighted by Crippen LogP contribution is 2.15. The minimum Gasteiger partial charge on any atom is -0.491 e. The van der Waals surface area contributed by atoms with Crippen LogP contribution in [0.15, 0.2) is 59.5 Å². The van der Waals surface area contributed by atoms with Gasteiger partial charge in [0.1, 0.15) is 24.3 Å². The third-order valence-electron chi connectivity index (χ3n) is 3.18. The van der Waals surface area contributed by atoms with Crippen molar-refractivity contribution in [3.05, 3.63) is 60.4 Å². The lowest BCUT2D eigenvalue weighted by atomic mass is 10.3. The van der Waals surface area contributed by atoms with Gasteiger partial charge in [-0.2, -0.15) is 4.31 Å². The van der Waals surface area contributed by atoms with Gasteiger partial charge in [-0.1, -0.05) is 18.2 Å². The van der Waals surface area contributed by atoms with Crippen molar-refractivity contribution < 1.29 is 22.7 Å². The Hall–Kier alpha value is -1.96. The Kier molecular flexibility index (Phi) is 5.70. The summed E-state index contributed by atoms with van der Waals surface area (Å²) in [6, 6.07) is 13.5. The summed E-state index contributed by atoms with van der Waals surface area (Å²) in [5, 5.41) is 9.94. The van der Waals surface area contributed by atoms with E-state index in [1.54, 1.807) is 24.3 Å². The summed E-state index contributed by atoms with van der Waals surface area (Å²) < 4.78 is 43.9. The summed E-state index contributed by atoms with van der Waals surface area (Å²) in [7, 11) is -2.43. The number of hydrogen-bond acceptors (Lipinski definition) is 4. The zero-order valence-electron chi connectivity index (χ0n) is 12.6. The third kappa shape index (κ3) is 4.75. The van der Waals surface area contributed by atoms with Crippen molar-refractivity contribution in [1.29, 1.82) is 0 Å². The summed E-state index contributed by atoms with van der Waals surface area (Å²) in [4.78, 5) is -0.0300.